The minimum absolute atomic E-state index is 0.0722. The van der Waals surface area contributed by atoms with Gasteiger partial charge in [0, 0.05) is 12.1 Å². The number of hydrogen-bond donors (Lipinski definition) is 0. The van der Waals surface area contributed by atoms with E-state index in [0.717, 1.165) is 11.8 Å². The first-order chi connectivity index (χ1) is 12.8. The SMILES string of the molecule is CCCc1c(OCCCN2C(=O)CSC2=O)ccc2c(C(F)(F)F)noc12. The molecule has 0 saturated carbocycles. The van der Waals surface area contributed by atoms with Crippen LogP contribution in [0.1, 0.15) is 31.0 Å². The molecule has 3 rings (SSSR count). The molecule has 1 aliphatic heterocycles. The third kappa shape index (κ3) is 4.05. The van der Waals surface area contributed by atoms with Crippen molar-refractivity contribution in [3.05, 3.63) is 23.4 Å². The van der Waals surface area contributed by atoms with Gasteiger partial charge in [0.05, 0.1) is 17.7 Å². The van der Waals surface area contributed by atoms with E-state index in [1.165, 1.54) is 17.0 Å². The second-order valence-electron chi connectivity index (χ2n) is 6.00. The van der Waals surface area contributed by atoms with Gasteiger partial charge in [-0.15, -0.1) is 0 Å². The van der Waals surface area contributed by atoms with Gasteiger partial charge in [-0.3, -0.25) is 14.5 Å². The topological polar surface area (TPSA) is 72.6 Å². The predicted molar refractivity (Wildman–Crippen MR) is 92.7 cm³/mol. The molecule has 0 bridgehead atoms. The van der Waals surface area contributed by atoms with Crippen molar-refractivity contribution < 1.29 is 32.0 Å². The lowest BCUT2D eigenvalue weighted by atomic mass is 10.0. The van der Waals surface area contributed by atoms with Crippen molar-refractivity contribution in [1.82, 2.24) is 10.1 Å². The van der Waals surface area contributed by atoms with Crippen LogP contribution in [0.5, 0.6) is 5.75 Å². The van der Waals surface area contributed by atoms with Crippen molar-refractivity contribution in [2.75, 3.05) is 18.9 Å². The van der Waals surface area contributed by atoms with Crippen molar-refractivity contribution in [3.63, 3.8) is 0 Å². The Bertz CT molecular complexity index is 850. The van der Waals surface area contributed by atoms with Gasteiger partial charge >= 0.3 is 6.18 Å². The summed E-state index contributed by atoms with van der Waals surface area (Å²) in [6.45, 7) is 2.35. The summed E-state index contributed by atoms with van der Waals surface area (Å²) in [5.74, 6) is 0.353. The van der Waals surface area contributed by atoms with E-state index in [1.54, 1.807) is 0 Å². The Kier molecular flexibility index (Phi) is 5.64. The molecule has 146 valence electrons. The summed E-state index contributed by atoms with van der Waals surface area (Å²) in [6, 6.07) is 2.76. The van der Waals surface area contributed by atoms with Crippen LogP contribution in [0.4, 0.5) is 18.0 Å². The first-order valence-electron chi connectivity index (χ1n) is 8.41. The van der Waals surface area contributed by atoms with Crippen LogP contribution in [0.3, 0.4) is 0 Å². The lowest BCUT2D eigenvalue weighted by Gasteiger charge is -2.14. The quantitative estimate of drug-likeness (QED) is 0.645. The lowest BCUT2D eigenvalue weighted by molar-refractivity contribution is -0.141. The molecule has 2 amide bonds. The number of fused-ring (bicyclic) bond motifs is 1. The second-order valence-corrected chi connectivity index (χ2v) is 6.93. The molecule has 0 radical (unpaired) electrons. The number of alkyl halides is 3. The van der Waals surface area contributed by atoms with Crippen LogP contribution in [-0.4, -0.2) is 40.1 Å². The number of ether oxygens (including phenoxy) is 1. The summed E-state index contributed by atoms with van der Waals surface area (Å²) < 4.78 is 49.7. The van der Waals surface area contributed by atoms with E-state index in [-0.39, 0.29) is 41.0 Å². The van der Waals surface area contributed by atoms with Crippen LogP contribution in [0.25, 0.3) is 11.0 Å². The number of benzene rings is 1. The molecule has 1 aromatic carbocycles. The van der Waals surface area contributed by atoms with Gasteiger partial charge in [-0.05, 0) is 25.0 Å². The molecule has 2 heterocycles. The van der Waals surface area contributed by atoms with Crippen molar-refractivity contribution in [1.29, 1.82) is 0 Å². The summed E-state index contributed by atoms with van der Waals surface area (Å²) in [4.78, 5) is 24.3. The van der Waals surface area contributed by atoms with Crippen LogP contribution in [-0.2, 0) is 17.4 Å². The average Bonchev–Trinajstić information content (AvgIpc) is 3.18. The van der Waals surface area contributed by atoms with Crippen molar-refractivity contribution in [3.8, 4) is 5.75 Å². The van der Waals surface area contributed by atoms with Crippen LogP contribution in [0.15, 0.2) is 16.7 Å². The summed E-state index contributed by atoms with van der Waals surface area (Å²) in [7, 11) is 0. The van der Waals surface area contributed by atoms with Gasteiger partial charge in [0.25, 0.3) is 5.24 Å². The number of nitrogens with zero attached hydrogens (tertiary/aromatic N) is 2. The molecule has 0 N–H and O–H groups in total. The molecule has 0 aliphatic carbocycles. The van der Waals surface area contributed by atoms with E-state index >= 15 is 0 Å². The third-order valence-electron chi connectivity index (χ3n) is 4.09. The van der Waals surface area contributed by atoms with E-state index in [9.17, 15) is 22.8 Å². The summed E-state index contributed by atoms with van der Waals surface area (Å²) in [6.07, 6.45) is -3.01. The zero-order valence-corrected chi connectivity index (χ0v) is 15.3. The van der Waals surface area contributed by atoms with Gasteiger partial charge in [0.15, 0.2) is 11.3 Å². The molecule has 10 heteroatoms. The number of aromatic nitrogens is 1. The summed E-state index contributed by atoms with van der Waals surface area (Å²) >= 11 is 0.968. The molecular weight excluding hydrogens is 385 g/mol. The number of halogens is 3. The van der Waals surface area contributed by atoms with Crippen LogP contribution in [0, 0.1) is 0 Å². The molecule has 0 unspecified atom stereocenters. The maximum atomic E-state index is 13.0. The Morgan fingerprint density at radius 1 is 1.33 bits per heavy atom. The van der Waals surface area contributed by atoms with Gasteiger partial charge in [0.1, 0.15) is 5.75 Å². The molecule has 0 atom stereocenters. The van der Waals surface area contributed by atoms with Gasteiger partial charge in [-0.25, -0.2) is 0 Å². The minimum Gasteiger partial charge on any atom is -0.493 e. The Hall–Kier alpha value is -2.23. The maximum Gasteiger partial charge on any atom is 0.437 e. The Morgan fingerprint density at radius 2 is 2.11 bits per heavy atom. The molecule has 1 fully saturated rings. The maximum absolute atomic E-state index is 13.0. The van der Waals surface area contributed by atoms with Crippen molar-refractivity contribution >= 4 is 33.9 Å². The highest BCUT2D eigenvalue weighted by atomic mass is 32.2. The number of thioether (sulfide) groups is 1. The van der Waals surface area contributed by atoms with E-state index in [2.05, 4.69) is 5.16 Å². The van der Waals surface area contributed by atoms with Crippen LogP contribution < -0.4 is 4.74 Å². The first kappa shape index (κ1) is 19.5. The normalized spacial score (nSPS) is 15.2. The average molecular weight is 402 g/mol. The molecular formula is C17H17F3N2O4S. The number of carbonyl (C=O) groups excluding carboxylic acids is 2. The molecule has 6 nitrogen and oxygen atoms in total. The highest BCUT2D eigenvalue weighted by Crippen LogP contribution is 2.38. The Morgan fingerprint density at radius 3 is 2.74 bits per heavy atom. The van der Waals surface area contributed by atoms with Crippen LogP contribution in [0.2, 0.25) is 0 Å². The van der Waals surface area contributed by atoms with Gasteiger partial charge < -0.3 is 9.26 Å². The summed E-state index contributed by atoms with van der Waals surface area (Å²) in [5, 5.41) is 2.81. The fourth-order valence-electron chi connectivity index (χ4n) is 2.87. The largest absolute Gasteiger partial charge is 0.493 e. The smallest absolute Gasteiger partial charge is 0.437 e. The Labute approximate surface area is 157 Å². The molecule has 2 aromatic rings. The number of rotatable bonds is 7. The fraction of sp³-hybridized carbons (Fsp3) is 0.471. The molecule has 1 aliphatic rings. The lowest BCUT2D eigenvalue weighted by Crippen LogP contribution is -2.30. The zero-order valence-electron chi connectivity index (χ0n) is 14.5. The highest BCUT2D eigenvalue weighted by Gasteiger charge is 2.37. The molecule has 1 aromatic heterocycles. The molecule has 0 spiro atoms. The predicted octanol–water partition coefficient (Wildman–Crippen LogP) is 4.26. The number of hydrogen-bond acceptors (Lipinski definition) is 6. The molecule has 27 heavy (non-hydrogen) atoms. The first-order valence-corrected chi connectivity index (χ1v) is 9.40. The molecule has 1 saturated heterocycles. The van der Waals surface area contributed by atoms with E-state index in [1.807, 2.05) is 6.92 Å². The zero-order chi connectivity index (χ0) is 19.6. The van der Waals surface area contributed by atoms with Gasteiger partial charge in [0.2, 0.25) is 5.91 Å². The minimum atomic E-state index is -4.59. The monoisotopic (exact) mass is 402 g/mol. The highest BCUT2D eigenvalue weighted by molar-refractivity contribution is 8.14. The third-order valence-corrected chi connectivity index (χ3v) is 4.95. The fourth-order valence-corrected chi connectivity index (χ4v) is 3.62. The van der Waals surface area contributed by atoms with E-state index in [4.69, 9.17) is 9.26 Å². The van der Waals surface area contributed by atoms with Gasteiger partial charge in [-0.1, -0.05) is 30.3 Å². The number of carbonyl (C=O) groups is 2. The standard InChI is InChI=1S/C17H17F3N2O4S/c1-2-4-10-12(25-8-3-7-22-13(23)9-27-16(22)24)6-5-11-14(10)26-21-15(11)17(18,19)20/h5-6H,2-4,7-9H2,1H3. The van der Waals surface area contributed by atoms with Crippen molar-refractivity contribution in [2.24, 2.45) is 0 Å². The number of amides is 2. The summed E-state index contributed by atoms with van der Waals surface area (Å²) in [5.41, 5.74) is -0.449. The van der Waals surface area contributed by atoms with Crippen LogP contribution >= 0.6 is 11.8 Å². The van der Waals surface area contributed by atoms with E-state index in [0.29, 0.717) is 30.6 Å². The number of imide groups is 1. The Balaban J connectivity index is 1.73. The van der Waals surface area contributed by atoms with Crippen molar-refractivity contribution in [2.45, 2.75) is 32.4 Å². The second kappa shape index (κ2) is 7.79. The number of aryl methyl sites for hydroxylation is 1. The van der Waals surface area contributed by atoms with Gasteiger partial charge in [-0.2, -0.15) is 13.2 Å². The van der Waals surface area contributed by atoms with E-state index < -0.39 is 11.9 Å².